The van der Waals surface area contributed by atoms with Crippen LogP contribution in [0.25, 0.3) is 16.9 Å². The van der Waals surface area contributed by atoms with Crippen molar-refractivity contribution in [2.75, 3.05) is 26.2 Å². The maximum Gasteiger partial charge on any atom is 0.140 e. The molecule has 0 spiro atoms. The molecule has 0 radical (unpaired) electrons. The Bertz CT molecular complexity index is 922. The highest BCUT2D eigenvalue weighted by atomic mass is 16.5. The average Bonchev–Trinajstić information content (AvgIpc) is 2.85. The van der Waals surface area contributed by atoms with Crippen LogP contribution in [0.2, 0.25) is 0 Å². The lowest BCUT2D eigenvalue weighted by molar-refractivity contribution is 0.242. The molecule has 0 atom stereocenters. The van der Waals surface area contributed by atoms with Gasteiger partial charge in [-0.05, 0) is 76.2 Å². The summed E-state index contributed by atoms with van der Waals surface area (Å²) in [5.41, 5.74) is 5.72. The molecular weight excluding hydrogens is 348 g/mol. The minimum absolute atomic E-state index is 0.177. The summed E-state index contributed by atoms with van der Waals surface area (Å²) in [6, 6.07) is 12.6. The maximum atomic E-state index is 5.81. The molecule has 1 N–H and O–H groups in total. The first-order valence-electron chi connectivity index (χ1n) is 10.3. The minimum atomic E-state index is 0.177. The Kier molecular flexibility index (Phi) is 5.64. The van der Waals surface area contributed by atoms with Gasteiger partial charge in [0.15, 0.2) is 0 Å². The third kappa shape index (κ3) is 4.05. The molecule has 0 bridgehead atoms. The highest BCUT2D eigenvalue weighted by molar-refractivity contribution is 5.68. The zero-order valence-corrected chi connectivity index (χ0v) is 17.1. The molecule has 2 aromatic heterocycles. The highest BCUT2D eigenvalue weighted by Gasteiger charge is 2.19. The number of pyridine rings is 1. The van der Waals surface area contributed by atoms with E-state index in [1.54, 1.807) is 0 Å². The number of benzene rings is 1. The summed E-state index contributed by atoms with van der Waals surface area (Å²) >= 11 is 0. The largest absolute Gasteiger partial charge is 0.491 e. The number of aromatic nitrogens is 2. The predicted molar refractivity (Wildman–Crippen MR) is 114 cm³/mol. The molecular formula is C23H30N4O. The second kappa shape index (κ2) is 8.33. The van der Waals surface area contributed by atoms with Gasteiger partial charge in [0.25, 0.3) is 0 Å². The third-order valence-corrected chi connectivity index (χ3v) is 5.25. The number of rotatable bonds is 5. The van der Waals surface area contributed by atoms with Crippen LogP contribution in [0, 0.1) is 6.92 Å². The molecule has 0 saturated carbocycles. The zero-order chi connectivity index (χ0) is 19.5. The monoisotopic (exact) mass is 378 g/mol. The van der Waals surface area contributed by atoms with Gasteiger partial charge in [0.1, 0.15) is 11.4 Å². The van der Waals surface area contributed by atoms with Crippen LogP contribution in [-0.2, 0) is 6.54 Å². The first kappa shape index (κ1) is 19.0. The third-order valence-electron chi connectivity index (χ3n) is 5.25. The van der Waals surface area contributed by atoms with Gasteiger partial charge in [-0.3, -0.25) is 4.90 Å². The van der Waals surface area contributed by atoms with Crippen molar-refractivity contribution in [1.29, 1.82) is 0 Å². The number of fused-ring (bicyclic) bond motifs is 1. The summed E-state index contributed by atoms with van der Waals surface area (Å²) in [5, 5.41) is 3.49. The van der Waals surface area contributed by atoms with Crippen LogP contribution in [0.15, 0.2) is 42.6 Å². The summed E-state index contributed by atoms with van der Waals surface area (Å²) in [7, 11) is 0. The van der Waals surface area contributed by atoms with Crippen LogP contribution < -0.4 is 10.1 Å². The van der Waals surface area contributed by atoms with Gasteiger partial charge in [-0.2, -0.15) is 0 Å². The number of nitrogens with zero attached hydrogens (tertiary/aromatic N) is 3. The number of hydrogen-bond donors (Lipinski definition) is 1. The van der Waals surface area contributed by atoms with Crippen molar-refractivity contribution in [3.05, 3.63) is 53.9 Å². The van der Waals surface area contributed by atoms with Crippen LogP contribution in [0.1, 0.15) is 31.5 Å². The van der Waals surface area contributed by atoms with Gasteiger partial charge in [-0.25, -0.2) is 4.98 Å². The molecule has 1 fully saturated rings. The fourth-order valence-corrected chi connectivity index (χ4v) is 3.87. The van der Waals surface area contributed by atoms with Gasteiger partial charge >= 0.3 is 0 Å². The average molecular weight is 379 g/mol. The molecule has 1 saturated heterocycles. The zero-order valence-electron chi connectivity index (χ0n) is 17.1. The van der Waals surface area contributed by atoms with Crippen molar-refractivity contribution in [2.45, 2.75) is 39.8 Å². The Hall–Kier alpha value is -2.37. The van der Waals surface area contributed by atoms with Gasteiger partial charge in [-0.1, -0.05) is 6.07 Å². The smallest absolute Gasteiger partial charge is 0.140 e. The lowest BCUT2D eigenvalue weighted by Crippen LogP contribution is -2.28. The van der Waals surface area contributed by atoms with Crippen molar-refractivity contribution in [3.63, 3.8) is 0 Å². The SMILES string of the molecule is Cc1cccn2c(CN3CCCNCC3)c(-c3ccc(OC(C)C)cc3)nc12. The molecule has 5 nitrogen and oxygen atoms in total. The van der Waals surface area contributed by atoms with E-state index in [9.17, 15) is 0 Å². The Labute approximate surface area is 167 Å². The van der Waals surface area contributed by atoms with Gasteiger partial charge < -0.3 is 14.5 Å². The molecule has 4 rings (SSSR count). The summed E-state index contributed by atoms with van der Waals surface area (Å²) < 4.78 is 8.07. The second-order valence-electron chi connectivity index (χ2n) is 7.86. The molecule has 1 aromatic carbocycles. The van der Waals surface area contributed by atoms with Gasteiger partial charge in [0.05, 0.1) is 17.5 Å². The van der Waals surface area contributed by atoms with Gasteiger partial charge in [-0.15, -0.1) is 0 Å². The van der Waals surface area contributed by atoms with E-state index < -0.39 is 0 Å². The number of aryl methyl sites for hydroxylation is 1. The topological polar surface area (TPSA) is 41.8 Å². The summed E-state index contributed by atoms with van der Waals surface area (Å²) in [4.78, 5) is 7.58. The minimum Gasteiger partial charge on any atom is -0.491 e. The molecule has 3 aromatic rings. The Morgan fingerprint density at radius 1 is 1.11 bits per heavy atom. The molecule has 3 heterocycles. The molecule has 0 amide bonds. The predicted octanol–water partition coefficient (Wildman–Crippen LogP) is 3.89. The van der Waals surface area contributed by atoms with Gasteiger partial charge in [0.2, 0.25) is 0 Å². The van der Waals surface area contributed by atoms with E-state index in [2.05, 4.69) is 52.0 Å². The maximum absolute atomic E-state index is 5.81. The molecule has 0 aliphatic carbocycles. The Morgan fingerprint density at radius 2 is 1.93 bits per heavy atom. The summed E-state index contributed by atoms with van der Waals surface area (Å²) in [6.07, 6.45) is 3.50. The lowest BCUT2D eigenvalue weighted by atomic mass is 10.1. The van der Waals surface area contributed by atoms with Crippen molar-refractivity contribution in [2.24, 2.45) is 0 Å². The first-order valence-corrected chi connectivity index (χ1v) is 10.3. The number of imidazole rings is 1. The van der Waals surface area contributed by atoms with Crippen LogP contribution >= 0.6 is 0 Å². The van der Waals surface area contributed by atoms with Crippen molar-refractivity contribution in [3.8, 4) is 17.0 Å². The Balaban J connectivity index is 1.73. The Morgan fingerprint density at radius 3 is 2.71 bits per heavy atom. The van der Waals surface area contributed by atoms with E-state index in [0.717, 1.165) is 55.4 Å². The fraction of sp³-hybridized carbons (Fsp3) is 0.435. The standard InChI is InChI=1S/C23H30N4O/c1-17(2)28-20-9-7-19(8-10-20)22-21(16-26-13-5-11-24-12-15-26)27-14-4-6-18(3)23(27)25-22/h4,6-10,14,17,24H,5,11-13,15-16H2,1-3H3. The van der Waals surface area contributed by atoms with E-state index in [1.165, 1.54) is 17.7 Å². The fourth-order valence-electron chi connectivity index (χ4n) is 3.87. The number of hydrogen-bond acceptors (Lipinski definition) is 4. The first-order chi connectivity index (χ1) is 13.6. The molecule has 0 unspecified atom stereocenters. The van der Waals surface area contributed by atoms with E-state index in [-0.39, 0.29) is 6.10 Å². The van der Waals surface area contributed by atoms with Crippen molar-refractivity contribution in [1.82, 2.24) is 19.6 Å². The molecule has 1 aliphatic rings. The molecule has 5 heteroatoms. The van der Waals surface area contributed by atoms with Gasteiger partial charge in [0, 0.05) is 31.4 Å². The summed E-state index contributed by atoms with van der Waals surface area (Å²) in [6.45, 7) is 11.5. The molecule has 1 aliphatic heterocycles. The van der Waals surface area contributed by atoms with E-state index in [0.29, 0.717) is 0 Å². The summed E-state index contributed by atoms with van der Waals surface area (Å²) in [5.74, 6) is 0.902. The quantitative estimate of drug-likeness (QED) is 0.731. The van der Waals surface area contributed by atoms with Crippen molar-refractivity contribution >= 4 is 5.65 Å². The normalized spacial score (nSPS) is 15.9. The van der Waals surface area contributed by atoms with Crippen molar-refractivity contribution < 1.29 is 4.74 Å². The lowest BCUT2D eigenvalue weighted by Gasteiger charge is -2.20. The van der Waals surface area contributed by atoms with Crippen LogP contribution in [0.5, 0.6) is 5.75 Å². The van der Waals surface area contributed by atoms with E-state index >= 15 is 0 Å². The van der Waals surface area contributed by atoms with Crippen LogP contribution in [-0.4, -0.2) is 46.6 Å². The van der Waals surface area contributed by atoms with E-state index in [4.69, 9.17) is 9.72 Å². The van der Waals surface area contributed by atoms with Crippen LogP contribution in [0.4, 0.5) is 0 Å². The molecule has 148 valence electrons. The molecule has 28 heavy (non-hydrogen) atoms. The number of nitrogens with one attached hydrogen (secondary N) is 1. The highest BCUT2D eigenvalue weighted by Crippen LogP contribution is 2.28. The van der Waals surface area contributed by atoms with E-state index in [1.807, 2.05) is 26.0 Å². The van der Waals surface area contributed by atoms with Crippen LogP contribution in [0.3, 0.4) is 0 Å². The second-order valence-corrected chi connectivity index (χ2v) is 7.86. The number of ether oxygens (including phenoxy) is 1.